The van der Waals surface area contributed by atoms with Gasteiger partial charge in [-0.05, 0) is 95.4 Å². The van der Waals surface area contributed by atoms with Gasteiger partial charge in [0.15, 0.2) is 0 Å². The van der Waals surface area contributed by atoms with E-state index < -0.39 is 66.1 Å². The van der Waals surface area contributed by atoms with Crippen LogP contribution >= 0.6 is 31.9 Å². The van der Waals surface area contributed by atoms with E-state index in [1.54, 1.807) is 41.5 Å². The molecule has 2 fully saturated rings. The van der Waals surface area contributed by atoms with E-state index in [0.717, 1.165) is 25.7 Å². The van der Waals surface area contributed by atoms with Gasteiger partial charge in [-0.25, -0.2) is 0 Å². The fraction of sp³-hybridized carbons (Fsp3) is 0.750. The monoisotopic (exact) mass is 1130 g/mol. The molecule has 0 saturated heterocycles. The summed E-state index contributed by atoms with van der Waals surface area (Å²) in [5.74, 6) is -2.08. The minimum absolute atomic E-state index is 0. The van der Waals surface area contributed by atoms with Crippen LogP contribution in [0.2, 0.25) is 0 Å². The normalized spacial score (nSPS) is 21.5. The molecular formula is C40H62Br2Fe2N2O14S2-2. The summed E-state index contributed by atoms with van der Waals surface area (Å²) in [5.41, 5.74) is -2.09. The van der Waals surface area contributed by atoms with Gasteiger partial charge in [0.1, 0.15) is 21.9 Å². The van der Waals surface area contributed by atoms with Crippen LogP contribution in [0.4, 0.5) is 0 Å². The maximum Gasteiger partial charge on any atom is 3.00 e. The molecule has 2 rings (SSSR count). The minimum Gasteiger partial charge on any atom is -0.787 e. The maximum atomic E-state index is 13.7. The number of rotatable bonds is 16. The summed E-state index contributed by atoms with van der Waals surface area (Å²) in [6.45, 7) is 31.5. The predicted octanol–water partition coefficient (Wildman–Crippen LogP) is 3.16. The van der Waals surface area contributed by atoms with Crippen LogP contribution in [-0.2, 0) is 126 Å². The summed E-state index contributed by atoms with van der Waals surface area (Å²) in [6.07, 6.45) is 2.44. The number of carbonyl (C=O) groups is 4. The van der Waals surface area contributed by atoms with Crippen molar-refractivity contribution < 1.29 is 101 Å². The first-order valence-electron chi connectivity index (χ1n) is 18.1. The van der Waals surface area contributed by atoms with Crippen LogP contribution in [0, 0.1) is 22.7 Å². The first kappa shape index (κ1) is 74.8. The molecule has 0 N–H and O–H groups in total. The van der Waals surface area contributed by atoms with Gasteiger partial charge in [0.05, 0.1) is 23.0 Å². The number of fused-ring (bicyclic) bond motifs is 1. The van der Waals surface area contributed by atoms with E-state index in [1.165, 1.54) is 0 Å². The van der Waals surface area contributed by atoms with Crippen LogP contribution in [0.5, 0.6) is 0 Å². The summed E-state index contributed by atoms with van der Waals surface area (Å²) in [4.78, 5) is 103. The van der Waals surface area contributed by atoms with E-state index >= 15 is 0 Å². The molecule has 0 aromatic heterocycles. The van der Waals surface area contributed by atoms with E-state index in [1.807, 2.05) is 38.0 Å². The first-order valence-corrected chi connectivity index (χ1v) is 20.6. The Bertz CT molecular complexity index is 1160. The minimum atomic E-state index is -1.10. The molecule has 16 nitrogen and oxygen atoms in total. The summed E-state index contributed by atoms with van der Waals surface area (Å²) < 4.78 is 21.1. The van der Waals surface area contributed by atoms with Crippen LogP contribution in [0.25, 0.3) is 0 Å². The van der Waals surface area contributed by atoms with Crippen molar-refractivity contribution in [2.45, 2.75) is 111 Å². The second-order valence-electron chi connectivity index (χ2n) is 15.7. The van der Waals surface area contributed by atoms with E-state index in [2.05, 4.69) is 72.6 Å². The molecule has 8 atom stereocenters. The number of carbonyl (C=O) groups excluding carboxylic acids is 10. The number of ether oxygens (including phenoxy) is 4. The van der Waals surface area contributed by atoms with Crippen molar-refractivity contribution >= 4 is 122 Å². The molecule has 22 heteroatoms. The second kappa shape index (κ2) is 38.8. The molecular weight excluding hydrogens is 1070 g/mol. The number of nitrogens with zero attached hydrogens (tertiary/aromatic N) is 2. The van der Waals surface area contributed by atoms with Crippen molar-refractivity contribution in [2.24, 2.45) is 22.7 Å². The quantitative estimate of drug-likeness (QED) is 0.0413. The van der Waals surface area contributed by atoms with Crippen molar-refractivity contribution in [2.75, 3.05) is 54.5 Å². The molecule has 0 spiro atoms. The SMILES string of the molecule is CN(C)CCOC(=O)C(C)(Br)CC(C)(C)C(=O)OC1C2CCCCC2C(OC(=O)C(C)(C)CC(C)(Br)C(=O)OCCN(C)C)[C@H]([S-])[C@@H]1[S-].[CH-]=O.[CH-]=O.[CH-]=O.[CH-]=O.[CH-]=O.[CH-]=O.[Fe+3].[Fe+3]. The molecule has 0 amide bonds. The number of halogens is 2. The van der Waals surface area contributed by atoms with E-state index in [4.69, 9.17) is 73.0 Å². The summed E-state index contributed by atoms with van der Waals surface area (Å²) in [5, 5.41) is -1.33. The molecule has 360 valence electrons. The zero-order valence-electron chi connectivity index (χ0n) is 36.9. The van der Waals surface area contributed by atoms with Crippen LogP contribution in [0.3, 0.4) is 0 Å². The standard InChI is InChI=1S/C34H58Br2N2O8S2.6CHO.2Fe/c1-31(2,19-33(5,35)29(41)43-17-15-37(7)8)27(39)45-23-21-13-11-12-14-22(21)24(26(48)25(23)47)46-28(40)32(3,4)20-34(6,36)30(42)44-18-16-38(9)10;6*1-2;;/h21-26,47-48H,11-20H2,1-10H3;6*1H;;/q;6*-1;2*+3/p-2/t21?,22?,23?,24?,25-,26+,33?,34?;;;;;;;;. The third-order valence-electron chi connectivity index (χ3n) is 9.22. The Morgan fingerprint density at radius 2 is 0.774 bits per heavy atom. The Morgan fingerprint density at radius 1 is 0.532 bits per heavy atom. The number of alkyl halides is 2. The average molecular weight is 1130 g/mol. The Labute approximate surface area is 418 Å². The molecule has 0 bridgehead atoms. The van der Waals surface area contributed by atoms with Gasteiger partial charge in [0.2, 0.25) is 0 Å². The molecule has 2 saturated carbocycles. The summed E-state index contributed by atoms with van der Waals surface area (Å²) >= 11 is 18.9. The Balaban J connectivity index is -0.000000396. The van der Waals surface area contributed by atoms with Crippen molar-refractivity contribution in [3.63, 3.8) is 0 Å². The number of likely N-dealkylation sites (N-methyl/N-ethyl adjacent to an activating group) is 2. The van der Waals surface area contributed by atoms with Crippen molar-refractivity contribution in [3.05, 3.63) is 0 Å². The topological polar surface area (TPSA) is 214 Å². The van der Waals surface area contributed by atoms with Gasteiger partial charge in [0.25, 0.3) is 0 Å². The third-order valence-corrected chi connectivity index (χ3v) is 11.7. The number of hydrogen-bond acceptors (Lipinski definition) is 18. The second-order valence-corrected chi connectivity index (χ2v) is 20.3. The van der Waals surface area contributed by atoms with Gasteiger partial charge in [-0.15, -0.1) is 10.5 Å². The molecule has 2 radical (unpaired) electrons. The fourth-order valence-electron chi connectivity index (χ4n) is 6.63. The Morgan fingerprint density at radius 3 is 1.00 bits per heavy atom. The maximum absolute atomic E-state index is 13.7. The van der Waals surface area contributed by atoms with E-state index in [0.29, 0.717) is 13.1 Å². The molecule has 0 heterocycles. The van der Waals surface area contributed by atoms with Crippen LogP contribution in [0.15, 0.2) is 0 Å². The fourth-order valence-corrected chi connectivity index (χ4v) is 9.09. The Hall–Kier alpha value is -1.48. The zero-order valence-corrected chi connectivity index (χ0v) is 43.9. The van der Waals surface area contributed by atoms with Gasteiger partial charge < -0.3 is 82.8 Å². The van der Waals surface area contributed by atoms with Crippen LogP contribution < -0.4 is 0 Å². The zero-order chi connectivity index (χ0) is 48.8. The van der Waals surface area contributed by atoms with Crippen LogP contribution in [0.1, 0.15) is 80.1 Å². The van der Waals surface area contributed by atoms with Crippen LogP contribution in [-0.4, -0.2) is 160 Å². The Kier molecular flexibility index (Phi) is 46.8. The average Bonchev–Trinajstić information content (AvgIpc) is 3.21. The molecule has 6 unspecified atom stereocenters. The predicted molar refractivity (Wildman–Crippen MR) is 239 cm³/mol. The van der Waals surface area contributed by atoms with Gasteiger partial charge >= 0.3 is 58.0 Å². The first-order chi connectivity index (χ1) is 27.9. The van der Waals surface area contributed by atoms with Gasteiger partial charge in [-0.3, -0.25) is 59.9 Å². The third kappa shape index (κ3) is 26.5. The molecule has 2 aliphatic rings. The van der Waals surface area contributed by atoms with E-state index in [9.17, 15) is 19.2 Å². The number of hydrogen-bond donors (Lipinski definition) is 0. The van der Waals surface area contributed by atoms with Gasteiger partial charge in [-0.1, -0.05) is 44.7 Å². The largest absolute Gasteiger partial charge is 3.00 e. The molecule has 0 aromatic rings. The molecule has 0 aromatic carbocycles. The molecule has 62 heavy (non-hydrogen) atoms. The van der Waals surface area contributed by atoms with Crippen molar-refractivity contribution in [1.82, 2.24) is 9.80 Å². The van der Waals surface area contributed by atoms with Crippen molar-refractivity contribution in [3.8, 4) is 0 Å². The van der Waals surface area contributed by atoms with Crippen molar-refractivity contribution in [1.29, 1.82) is 0 Å². The number of esters is 4. The van der Waals surface area contributed by atoms with Gasteiger partial charge in [0, 0.05) is 24.9 Å². The molecule has 0 aliphatic heterocycles. The van der Waals surface area contributed by atoms with Gasteiger partial charge in [-0.2, -0.15) is 0 Å². The summed E-state index contributed by atoms with van der Waals surface area (Å²) in [6, 6.07) is 0. The van der Waals surface area contributed by atoms with E-state index in [-0.39, 0.29) is 72.0 Å². The smallest absolute Gasteiger partial charge is 0.787 e. The summed E-state index contributed by atoms with van der Waals surface area (Å²) in [7, 11) is 7.57. The molecule has 2 aliphatic carbocycles.